The molecule has 1 saturated heterocycles. The van der Waals surface area contributed by atoms with Crippen molar-refractivity contribution in [3.63, 3.8) is 0 Å². The molecule has 0 spiro atoms. The summed E-state index contributed by atoms with van der Waals surface area (Å²) in [4.78, 5) is 0. The van der Waals surface area contributed by atoms with Crippen LogP contribution in [0.4, 0.5) is 0 Å². The zero-order chi connectivity index (χ0) is 12.5. The Bertz CT molecular complexity index is 371. The summed E-state index contributed by atoms with van der Waals surface area (Å²) in [5, 5.41) is 3.49. The van der Waals surface area contributed by atoms with Crippen LogP contribution in [-0.4, -0.2) is 18.7 Å². The summed E-state index contributed by atoms with van der Waals surface area (Å²) < 4.78 is 6.30. The molecule has 1 fully saturated rings. The zero-order valence-corrected chi connectivity index (χ0v) is 11.3. The van der Waals surface area contributed by atoms with E-state index in [-0.39, 0.29) is 11.7 Å². The summed E-state index contributed by atoms with van der Waals surface area (Å²) in [5.41, 5.74) is 2.51. The molecule has 2 heteroatoms. The normalized spacial score (nSPS) is 29.6. The van der Waals surface area contributed by atoms with Gasteiger partial charge in [0.2, 0.25) is 0 Å². The van der Waals surface area contributed by atoms with Gasteiger partial charge in [-0.05, 0) is 25.3 Å². The van der Waals surface area contributed by atoms with Crippen molar-refractivity contribution < 1.29 is 4.74 Å². The lowest BCUT2D eigenvalue weighted by Gasteiger charge is -2.42. The van der Waals surface area contributed by atoms with Gasteiger partial charge in [-0.2, -0.15) is 0 Å². The molecule has 0 saturated carbocycles. The van der Waals surface area contributed by atoms with E-state index in [0.717, 1.165) is 13.1 Å². The molecule has 1 aromatic carbocycles. The second-order valence-electron chi connectivity index (χ2n) is 5.62. The standard InChI is InChI=1S/C15H23NO/c1-11(2)15(4)10-16-9-14(17-15)13-7-5-12(3)6-8-13/h5-8,11,14,16H,9-10H2,1-4H3. The summed E-state index contributed by atoms with van der Waals surface area (Å²) in [7, 11) is 0. The Balaban J connectivity index is 2.15. The molecule has 0 aliphatic carbocycles. The Morgan fingerprint density at radius 3 is 2.53 bits per heavy atom. The van der Waals surface area contributed by atoms with E-state index in [4.69, 9.17) is 4.74 Å². The van der Waals surface area contributed by atoms with E-state index in [1.807, 2.05) is 0 Å². The molecule has 1 aliphatic heterocycles. The van der Waals surface area contributed by atoms with Crippen molar-refractivity contribution in [2.45, 2.75) is 39.4 Å². The first-order valence-electron chi connectivity index (χ1n) is 6.46. The molecule has 1 aromatic rings. The van der Waals surface area contributed by atoms with Crippen LogP contribution in [0.1, 0.15) is 38.0 Å². The maximum absolute atomic E-state index is 6.30. The van der Waals surface area contributed by atoms with Crippen molar-refractivity contribution in [3.8, 4) is 0 Å². The van der Waals surface area contributed by atoms with E-state index >= 15 is 0 Å². The molecule has 94 valence electrons. The number of hydrogen-bond donors (Lipinski definition) is 1. The number of benzene rings is 1. The van der Waals surface area contributed by atoms with E-state index in [2.05, 4.69) is 57.3 Å². The molecular weight excluding hydrogens is 210 g/mol. The summed E-state index contributed by atoms with van der Waals surface area (Å²) >= 11 is 0. The molecule has 2 nitrogen and oxygen atoms in total. The SMILES string of the molecule is Cc1ccc(C2CNCC(C)(C(C)C)O2)cc1. The number of rotatable bonds is 2. The number of aryl methyl sites for hydroxylation is 1. The van der Waals surface area contributed by atoms with Gasteiger partial charge in [-0.25, -0.2) is 0 Å². The fourth-order valence-electron chi connectivity index (χ4n) is 2.17. The highest BCUT2D eigenvalue weighted by molar-refractivity contribution is 5.24. The average Bonchev–Trinajstić information content (AvgIpc) is 2.30. The second kappa shape index (κ2) is 4.79. The summed E-state index contributed by atoms with van der Waals surface area (Å²) in [5.74, 6) is 0.517. The molecule has 1 heterocycles. The van der Waals surface area contributed by atoms with E-state index < -0.39 is 0 Å². The molecule has 1 N–H and O–H groups in total. The maximum atomic E-state index is 6.30. The van der Waals surface area contributed by atoms with Gasteiger partial charge >= 0.3 is 0 Å². The van der Waals surface area contributed by atoms with Crippen molar-refractivity contribution in [1.29, 1.82) is 0 Å². The number of hydrogen-bond acceptors (Lipinski definition) is 2. The third-order valence-corrected chi connectivity index (χ3v) is 3.89. The van der Waals surface area contributed by atoms with Crippen LogP contribution in [-0.2, 0) is 4.74 Å². The largest absolute Gasteiger partial charge is 0.364 e. The Kier molecular flexibility index (Phi) is 3.55. The molecule has 2 rings (SSSR count). The van der Waals surface area contributed by atoms with E-state index in [0.29, 0.717) is 5.92 Å². The quantitative estimate of drug-likeness (QED) is 0.847. The lowest BCUT2D eigenvalue weighted by atomic mass is 9.89. The van der Waals surface area contributed by atoms with Gasteiger partial charge in [-0.15, -0.1) is 0 Å². The molecule has 0 radical (unpaired) electrons. The first-order chi connectivity index (χ1) is 8.01. The lowest BCUT2D eigenvalue weighted by molar-refractivity contribution is -0.132. The average molecular weight is 233 g/mol. The third-order valence-electron chi connectivity index (χ3n) is 3.89. The zero-order valence-electron chi connectivity index (χ0n) is 11.3. The van der Waals surface area contributed by atoms with Gasteiger partial charge in [0, 0.05) is 13.1 Å². The lowest BCUT2D eigenvalue weighted by Crippen LogP contribution is -2.52. The molecule has 2 unspecified atom stereocenters. The first-order valence-corrected chi connectivity index (χ1v) is 6.46. The van der Waals surface area contributed by atoms with E-state index in [1.165, 1.54) is 11.1 Å². The van der Waals surface area contributed by atoms with Crippen LogP contribution in [0.2, 0.25) is 0 Å². The first kappa shape index (κ1) is 12.6. The van der Waals surface area contributed by atoms with Crippen LogP contribution >= 0.6 is 0 Å². The molecule has 1 aliphatic rings. The predicted octanol–water partition coefficient (Wildman–Crippen LogP) is 3.07. The van der Waals surface area contributed by atoms with Crippen LogP contribution in [0.15, 0.2) is 24.3 Å². The Hall–Kier alpha value is -0.860. The van der Waals surface area contributed by atoms with Crippen molar-refractivity contribution in [3.05, 3.63) is 35.4 Å². The van der Waals surface area contributed by atoms with Crippen molar-refractivity contribution in [2.75, 3.05) is 13.1 Å². The second-order valence-corrected chi connectivity index (χ2v) is 5.62. The number of ether oxygens (including phenoxy) is 1. The fraction of sp³-hybridized carbons (Fsp3) is 0.600. The Labute approximate surface area is 104 Å². The maximum Gasteiger partial charge on any atom is 0.0957 e. The minimum atomic E-state index is -0.0617. The van der Waals surface area contributed by atoms with Crippen LogP contribution in [0.3, 0.4) is 0 Å². The minimum absolute atomic E-state index is 0.0617. The van der Waals surface area contributed by atoms with Crippen molar-refractivity contribution in [1.82, 2.24) is 5.32 Å². The van der Waals surface area contributed by atoms with Crippen LogP contribution in [0.5, 0.6) is 0 Å². The summed E-state index contributed by atoms with van der Waals surface area (Å²) in [6.07, 6.45) is 0.178. The minimum Gasteiger partial charge on any atom is -0.364 e. The van der Waals surface area contributed by atoms with Gasteiger partial charge in [-0.3, -0.25) is 0 Å². The van der Waals surface area contributed by atoms with E-state index in [9.17, 15) is 0 Å². The smallest absolute Gasteiger partial charge is 0.0957 e. The fourth-order valence-corrected chi connectivity index (χ4v) is 2.17. The highest BCUT2D eigenvalue weighted by Gasteiger charge is 2.36. The Morgan fingerprint density at radius 2 is 1.94 bits per heavy atom. The van der Waals surface area contributed by atoms with Crippen LogP contribution in [0, 0.1) is 12.8 Å². The topological polar surface area (TPSA) is 21.3 Å². The summed E-state index contributed by atoms with van der Waals surface area (Å²) in [6, 6.07) is 8.65. The van der Waals surface area contributed by atoms with Gasteiger partial charge < -0.3 is 10.1 Å². The molecular formula is C15H23NO. The molecule has 0 amide bonds. The van der Waals surface area contributed by atoms with Crippen LogP contribution in [0.25, 0.3) is 0 Å². The molecule has 0 aromatic heterocycles. The number of nitrogens with one attached hydrogen (secondary N) is 1. The van der Waals surface area contributed by atoms with Crippen LogP contribution < -0.4 is 5.32 Å². The Morgan fingerprint density at radius 1 is 1.29 bits per heavy atom. The molecule has 0 bridgehead atoms. The van der Waals surface area contributed by atoms with Crippen molar-refractivity contribution in [2.24, 2.45) is 5.92 Å². The highest BCUT2D eigenvalue weighted by Crippen LogP contribution is 2.31. The number of morpholine rings is 1. The molecule has 2 atom stereocenters. The molecule has 17 heavy (non-hydrogen) atoms. The van der Waals surface area contributed by atoms with Gasteiger partial charge in [0.1, 0.15) is 0 Å². The van der Waals surface area contributed by atoms with Crippen molar-refractivity contribution >= 4 is 0 Å². The monoisotopic (exact) mass is 233 g/mol. The van der Waals surface area contributed by atoms with E-state index in [1.54, 1.807) is 0 Å². The summed E-state index contributed by atoms with van der Waals surface area (Å²) in [6.45, 7) is 10.6. The van der Waals surface area contributed by atoms with Gasteiger partial charge in [-0.1, -0.05) is 43.7 Å². The van der Waals surface area contributed by atoms with Gasteiger partial charge in [0.05, 0.1) is 11.7 Å². The third kappa shape index (κ3) is 2.70. The highest BCUT2D eigenvalue weighted by atomic mass is 16.5. The van der Waals surface area contributed by atoms with Gasteiger partial charge in [0.25, 0.3) is 0 Å². The predicted molar refractivity (Wildman–Crippen MR) is 71.1 cm³/mol. The van der Waals surface area contributed by atoms with Gasteiger partial charge in [0.15, 0.2) is 0 Å².